The Morgan fingerprint density at radius 1 is 1.37 bits per heavy atom. The third-order valence-electron chi connectivity index (χ3n) is 2.22. The second kappa shape index (κ2) is 8.22. The van der Waals surface area contributed by atoms with Gasteiger partial charge in [0, 0.05) is 25.3 Å². The summed E-state index contributed by atoms with van der Waals surface area (Å²) in [6.07, 6.45) is 0.730. The number of nitrogen functional groups attached to an aromatic ring is 1. The molecule has 0 aliphatic carbocycles. The highest BCUT2D eigenvalue weighted by Gasteiger charge is 2.10. The molecule has 0 unspecified atom stereocenters. The maximum Gasteiger partial charge on any atom is 0.250 e. The lowest BCUT2D eigenvalue weighted by Crippen LogP contribution is -2.20. The summed E-state index contributed by atoms with van der Waals surface area (Å²) in [6, 6.07) is 3.02. The predicted molar refractivity (Wildman–Crippen MR) is 76.8 cm³/mol. The molecule has 0 saturated carbocycles. The van der Waals surface area contributed by atoms with E-state index in [0.29, 0.717) is 29.6 Å². The summed E-state index contributed by atoms with van der Waals surface area (Å²) >= 11 is 11.7. The molecular weight excluding hydrogens is 291 g/mol. The van der Waals surface area contributed by atoms with Crippen molar-refractivity contribution in [3.8, 4) is 0 Å². The number of methoxy groups -OCH3 is 1. The van der Waals surface area contributed by atoms with Crippen LogP contribution >= 0.6 is 23.2 Å². The maximum atomic E-state index is 11.6. The standard InChI is InChI=1S/C12H16Cl2N2O3/c1-18-3-2-4-19-7-11(17)16-12-9(14)5-8(13)6-10(12)15/h5-6H,2-4,7,15H2,1H3,(H,16,17). The molecule has 0 heterocycles. The van der Waals surface area contributed by atoms with E-state index in [9.17, 15) is 4.79 Å². The van der Waals surface area contributed by atoms with Crippen LogP contribution in [0.4, 0.5) is 11.4 Å². The molecule has 0 radical (unpaired) electrons. The van der Waals surface area contributed by atoms with Crippen LogP contribution in [0.5, 0.6) is 0 Å². The fourth-order valence-corrected chi connectivity index (χ4v) is 1.93. The Bertz CT molecular complexity index is 418. The second-order valence-electron chi connectivity index (χ2n) is 3.80. The summed E-state index contributed by atoms with van der Waals surface area (Å²) in [7, 11) is 1.61. The van der Waals surface area contributed by atoms with E-state index in [2.05, 4.69) is 5.32 Å². The van der Waals surface area contributed by atoms with Crippen LogP contribution in [-0.4, -0.2) is 32.8 Å². The van der Waals surface area contributed by atoms with Crippen LogP contribution in [0.2, 0.25) is 10.0 Å². The molecule has 7 heteroatoms. The zero-order chi connectivity index (χ0) is 14.3. The molecule has 0 atom stereocenters. The third-order valence-corrected chi connectivity index (χ3v) is 2.74. The van der Waals surface area contributed by atoms with Gasteiger partial charge in [-0.3, -0.25) is 4.79 Å². The highest BCUT2D eigenvalue weighted by Crippen LogP contribution is 2.31. The minimum Gasteiger partial charge on any atom is -0.397 e. The van der Waals surface area contributed by atoms with Gasteiger partial charge in [0.05, 0.1) is 16.4 Å². The summed E-state index contributed by atoms with van der Waals surface area (Å²) in [4.78, 5) is 11.6. The molecular formula is C12H16Cl2N2O3. The van der Waals surface area contributed by atoms with Gasteiger partial charge in [-0.25, -0.2) is 0 Å². The molecule has 5 nitrogen and oxygen atoms in total. The number of hydrogen-bond acceptors (Lipinski definition) is 4. The molecule has 1 aromatic carbocycles. The van der Waals surface area contributed by atoms with E-state index in [1.807, 2.05) is 0 Å². The molecule has 0 aliphatic rings. The number of nitrogens with one attached hydrogen (secondary N) is 1. The van der Waals surface area contributed by atoms with Gasteiger partial charge in [-0.1, -0.05) is 23.2 Å². The van der Waals surface area contributed by atoms with Crippen molar-refractivity contribution in [2.45, 2.75) is 6.42 Å². The molecule has 0 aliphatic heterocycles. The first-order valence-electron chi connectivity index (χ1n) is 5.65. The fourth-order valence-electron chi connectivity index (χ4n) is 1.37. The highest BCUT2D eigenvalue weighted by molar-refractivity contribution is 6.37. The van der Waals surface area contributed by atoms with Crippen LogP contribution in [0, 0.1) is 0 Å². The van der Waals surface area contributed by atoms with Gasteiger partial charge in [0.2, 0.25) is 5.91 Å². The lowest BCUT2D eigenvalue weighted by Gasteiger charge is -2.11. The van der Waals surface area contributed by atoms with Crippen LogP contribution in [0.15, 0.2) is 12.1 Å². The van der Waals surface area contributed by atoms with Gasteiger partial charge in [-0.05, 0) is 18.6 Å². The Balaban J connectivity index is 2.44. The van der Waals surface area contributed by atoms with Gasteiger partial charge in [0.15, 0.2) is 0 Å². The van der Waals surface area contributed by atoms with Crippen molar-refractivity contribution in [3.63, 3.8) is 0 Å². The summed E-state index contributed by atoms with van der Waals surface area (Å²) in [5.74, 6) is -0.326. The molecule has 0 bridgehead atoms. The Kier molecular flexibility index (Phi) is 6.94. The number of ether oxygens (including phenoxy) is 2. The van der Waals surface area contributed by atoms with Gasteiger partial charge in [0.1, 0.15) is 6.61 Å². The van der Waals surface area contributed by atoms with E-state index >= 15 is 0 Å². The van der Waals surface area contributed by atoms with E-state index < -0.39 is 0 Å². The predicted octanol–water partition coefficient (Wildman–Crippen LogP) is 2.57. The molecule has 1 aromatic rings. The third kappa shape index (κ3) is 5.65. The minimum absolute atomic E-state index is 0.0674. The van der Waals surface area contributed by atoms with Gasteiger partial charge in [-0.15, -0.1) is 0 Å². The number of hydrogen-bond donors (Lipinski definition) is 2. The smallest absolute Gasteiger partial charge is 0.250 e. The van der Waals surface area contributed by atoms with E-state index in [0.717, 1.165) is 6.42 Å². The highest BCUT2D eigenvalue weighted by atomic mass is 35.5. The van der Waals surface area contributed by atoms with Crippen LogP contribution in [0.3, 0.4) is 0 Å². The Hall–Kier alpha value is -1.01. The first-order chi connectivity index (χ1) is 9.04. The average Bonchev–Trinajstić information content (AvgIpc) is 2.33. The van der Waals surface area contributed by atoms with E-state index in [-0.39, 0.29) is 17.5 Å². The molecule has 0 fully saturated rings. The largest absolute Gasteiger partial charge is 0.397 e. The van der Waals surface area contributed by atoms with Gasteiger partial charge in [-0.2, -0.15) is 0 Å². The summed E-state index contributed by atoms with van der Waals surface area (Å²) < 4.78 is 10.0. The van der Waals surface area contributed by atoms with Crippen LogP contribution < -0.4 is 11.1 Å². The summed E-state index contributed by atoms with van der Waals surface area (Å²) in [6.45, 7) is 0.977. The number of benzene rings is 1. The number of amides is 1. The molecule has 3 N–H and O–H groups in total. The first-order valence-corrected chi connectivity index (χ1v) is 6.41. The van der Waals surface area contributed by atoms with Gasteiger partial charge < -0.3 is 20.5 Å². The topological polar surface area (TPSA) is 73.6 Å². The molecule has 0 spiro atoms. The molecule has 0 aromatic heterocycles. The summed E-state index contributed by atoms with van der Waals surface area (Å²) in [5, 5.41) is 3.29. The number of carbonyl (C=O) groups is 1. The van der Waals surface area contributed by atoms with Gasteiger partial charge >= 0.3 is 0 Å². The van der Waals surface area contributed by atoms with E-state index in [4.69, 9.17) is 38.4 Å². The maximum absolute atomic E-state index is 11.6. The van der Waals surface area contributed by atoms with Crippen molar-refractivity contribution in [1.82, 2.24) is 0 Å². The first kappa shape index (κ1) is 16.0. The van der Waals surface area contributed by atoms with Crippen molar-refractivity contribution >= 4 is 40.5 Å². The number of rotatable bonds is 7. The quantitative estimate of drug-likeness (QED) is 0.600. The van der Waals surface area contributed by atoms with Crippen LogP contribution in [0.25, 0.3) is 0 Å². The number of anilines is 2. The minimum atomic E-state index is -0.326. The lowest BCUT2D eigenvalue weighted by molar-refractivity contribution is -0.120. The Morgan fingerprint density at radius 2 is 2.11 bits per heavy atom. The number of nitrogens with two attached hydrogens (primary N) is 1. The monoisotopic (exact) mass is 306 g/mol. The van der Waals surface area contributed by atoms with Crippen LogP contribution in [0.1, 0.15) is 6.42 Å². The molecule has 1 amide bonds. The number of carbonyl (C=O) groups excluding carboxylic acids is 1. The zero-order valence-electron chi connectivity index (χ0n) is 10.5. The molecule has 106 valence electrons. The van der Waals surface area contributed by atoms with E-state index in [1.54, 1.807) is 7.11 Å². The van der Waals surface area contributed by atoms with Gasteiger partial charge in [0.25, 0.3) is 0 Å². The Morgan fingerprint density at radius 3 is 2.74 bits per heavy atom. The molecule has 1 rings (SSSR count). The summed E-state index contributed by atoms with van der Waals surface area (Å²) in [5.41, 5.74) is 6.38. The SMILES string of the molecule is COCCCOCC(=O)Nc1c(N)cc(Cl)cc1Cl. The molecule has 0 saturated heterocycles. The van der Waals surface area contributed by atoms with Crippen molar-refractivity contribution in [3.05, 3.63) is 22.2 Å². The normalized spacial score (nSPS) is 10.5. The van der Waals surface area contributed by atoms with E-state index in [1.165, 1.54) is 12.1 Å². The fraction of sp³-hybridized carbons (Fsp3) is 0.417. The van der Waals surface area contributed by atoms with Crippen molar-refractivity contribution in [2.24, 2.45) is 0 Å². The lowest BCUT2D eigenvalue weighted by atomic mass is 10.2. The van der Waals surface area contributed by atoms with Crippen molar-refractivity contribution in [2.75, 3.05) is 38.0 Å². The number of halogens is 2. The zero-order valence-corrected chi connectivity index (χ0v) is 12.1. The molecule has 19 heavy (non-hydrogen) atoms. The average molecular weight is 307 g/mol. The van der Waals surface area contributed by atoms with Crippen LogP contribution in [-0.2, 0) is 14.3 Å². The van der Waals surface area contributed by atoms with Crippen molar-refractivity contribution < 1.29 is 14.3 Å². The second-order valence-corrected chi connectivity index (χ2v) is 4.64. The van der Waals surface area contributed by atoms with Crippen molar-refractivity contribution in [1.29, 1.82) is 0 Å². The Labute approximate surface area is 122 Å².